The highest BCUT2D eigenvalue weighted by molar-refractivity contribution is 4.90. The Hall–Kier alpha value is -0.380. The summed E-state index contributed by atoms with van der Waals surface area (Å²) in [5, 5.41) is 10.4. The first kappa shape index (κ1) is 15.7. The van der Waals surface area contributed by atoms with E-state index in [9.17, 15) is 5.11 Å². The van der Waals surface area contributed by atoms with Crippen LogP contribution in [0.2, 0.25) is 0 Å². The molecule has 3 nitrogen and oxygen atoms in total. The lowest BCUT2D eigenvalue weighted by atomic mass is 9.85. The molecule has 1 N–H and O–H groups in total. The third-order valence-electron chi connectivity index (χ3n) is 3.76. The van der Waals surface area contributed by atoms with E-state index >= 15 is 0 Å². The molecule has 0 amide bonds. The molecule has 1 saturated heterocycles. The summed E-state index contributed by atoms with van der Waals surface area (Å²) >= 11 is 0. The molecule has 1 aliphatic heterocycles. The van der Waals surface area contributed by atoms with Gasteiger partial charge in [-0.05, 0) is 26.2 Å². The van der Waals surface area contributed by atoms with Crippen LogP contribution >= 0.6 is 0 Å². The zero-order valence-corrected chi connectivity index (χ0v) is 11.7. The summed E-state index contributed by atoms with van der Waals surface area (Å²) in [7, 11) is 0. The highest BCUT2D eigenvalue weighted by Crippen LogP contribution is 2.31. The number of aliphatic hydroxyl groups excluding tert-OH is 1. The maximum atomic E-state index is 10.4. The SMILES string of the molecule is C=CCCCCCC(O)C1(OCC)CCOCC1. The lowest BCUT2D eigenvalue weighted by Crippen LogP contribution is -2.49. The zero-order chi connectivity index (χ0) is 13.3. The van der Waals surface area contributed by atoms with E-state index in [4.69, 9.17) is 9.47 Å². The Morgan fingerprint density at radius 3 is 2.67 bits per heavy atom. The number of rotatable bonds is 9. The molecule has 18 heavy (non-hydrogen) atoms. The van der Waals surface area contributed by atoms with Gasteiger partial charge < -0.3 is 14.6 Å². The molecule has 0 saturated carbocycles. The van der Waals surface area contributed by atoms with E-state index in [1.807, 2.05) is 13.0 Å². The monoisotopic (exact) mass is 256 g/mol. The van der Waals surface area contributed by atoms with Gasteiger partial charge >= 0.3 is 0 Å². The molecule has 3 heteroatoms. The zero-order valence-electron chi connectivity index (χ0n) is 11.7. The summed E-state index contributed by atoms with van der Waals surface area (Å²) in [5.41, 5.74) is -0.356. The second-order valence-corrected chi connectivity index (χ2v) is 5.05. The molecule has 0 aromatic carbocycles. The molecule has 106 valence electrons. The van der Waals surface area contributed by atoms with E-state index in [2.05, 4.69) is 6.58 Å². The highest BCUT2D eigenvalue weighted by atomic mass is 16.5. The Morgan fingerprint density at radius 1 is 1.33 bits per heavy atom. The van der Waals surface area contributed by atoms with Gasteiger partial charge in [0.1, 0.15) is 0 Å². The van der Waals surface area contributed by atoms with Crippen LogP contribution in [0.4, 0.5) is 0 Å². The molecule has 1 aliphatic rings. The van der Waals surface area contributed by atoms with E-state index in [-0.39, 0.29) is 11.7 Å². The summed E-state index contributed by atoms with van der Waals surface area (Å²) in [5.74, 6) is 0. The summed E-state index contributed by atoms with van der Waals surface area (Å²) in [6.07, 6.45) is 8.51. The summed E-state index contributed by atoms with van der Waals surface area (Å²) in [6, 6.07) is 0. The molecule has 0 aromatic rings. The predicted octanol–water partition coefficient (Wildman–Crippen LogP) is 3.07. The number of ether oxygens (including phenoxy) is 2. The summed E-state index contributed by atoms with van der Waals surface area (Å²) in [6.45, 7) is 7.78. The number of unbranched alkanes of at least 4 members (excludes halogenated alkanes) is 3. The van der Waals surface area contributed by atoms with Crippen molar-refractivity contribution in [2.24, 2.45) is 0 Å². The molecule has 1 heterocycles. The van der Waals surface area contributed by atoms with Crippen molar-refractivity contribution in [2.75, 3.05) is 19.8 Å². The molecular weight excluding hydrogens is 228 g/mol. The Morgan fingerprint density at radius 2 is 2.06 bits per heavy atom. The van der Waals surface area contributed by atoms with Crippen LogP contribution in [0, 0.1) is 0 Å². The van der Waals surface area contributed by atoms with Crippen molar-refractivity contribution in [1.82, 2.24) is 0 Å². The van der Waals surface area contributed by atoms with Gasteiger partial charge in [0.2, 0.25) is 0 Å². The maximum Gasteiger partial charge on any atom is 0.0983 e. The van der Waals surface area contributed by atoms with E-state index < -0.39 is 0 Å². The minimum absolute atomic E-state index is 0.356. The average Bonchev–Trinajstić information content (AvgIpc) is 2.39. The lowest BCUT2D eigenvalue weighted by Gasteiger charge is -2.40. The van der Waals surface area contributed by atoms with Crippen LogP contribution in [0.25, 0.3) is 0 Å². The van der Waals surface area contributed by atoms with Crippen molar-refractivity contribution in [3.05, 3.63) is 12.7 Å². The summed E-state index contributed by atoms with van der Waals surface area (Å²) < 4.78 is 11.2. The van der Waals surface area contributed by atoms with Gasteiger partial charge in [-0.2, -0.15) is 0 Å². The summed E-state index contributed by atoms with van der Waals surface area (Å²) in [4.78, 5) is 0. The van der Waals surface area contributed by atoms with Crippen LogP contribution in [-0.2, 0) is 9.47 Å². The van der Waals surface area contributed by atoms with Gasteiger partial charge in [0.25, 0.3) is 0 Å². The van der Waals surface area contributed by atoms with Crippen LogP contribution in [0.5, 0.6) is 0 Å². The van der Waals surface area contributed by atoms with Gasteiger partial charge in [-0.3, -0.25) is 0 Å². The molecule has 1 unspecified atom stereocenters. The van der Waals surface area contributed by atoms with Crippen molar-refractivity contribution >= 4 is 0 Å². The van der Waals surface area contributed by atoms with Crippen LogP contribution in [0.1, 0.15) is 51.9 Å². The molecule has 0 radical (unpaired) electrons. The lowest BCUT2D eigenvalue weighted by molar-refractivity contribution is -0.167. The van der Waals surface area contributed by atoms with Crippen molar-refractivity contribution in [2.45, 2.75) is 63.6 Å². The first-order valence-corrected chi connectivity index (χ1v) is 7.26. The van der Waals surface area contributed by atoms with Gasteiger partial charge in [-0.15, -0.1) is 6.58 Å². The molecule has 1 fully saturated rings. The topological polar surface area (TPSA) is 38.7 Å². The van der Waals surface area contributed by atoms with Crippen LogP contribution in [-0.4, -0.2) is 36.6 Å². The van der Waals surface area contributed by atoms with Crippen molar-refractivity contribution in [3.63, 3.8) is 0 Å². The normalized spacial score (nSPS) is 20.6. The predicted molar refractivity (Wildman–Crippen MR) is 73.7 cm³/mol. The first-order valence-electron chi connectivity index (χ1n) is 7.26. The quantitative estimate of drug-likeness (QED) is 0.509. The van der Waals surface area contributed by atoms with E-state index in [1.165, 1.54) is 6.42 Å². The van der Waals surface area contributed by atoms with Gasteiger partial charge in [0.15, 0.2) is 0 Å². The minimum Gasteiger partial charge on any atom is -0.390 e. The third kappa shape index (κ3) is 4.71. The number of aliphatic hydroxyl groups is 1. The third-order valence-corrected chi connectivity index (χ3v) is 3.76. The number of hydrogen-bond donors (Lipinski definition) is 1. The average molecular weight is 256 g/mol. The fourth-order valence-electron chi connectivity index (χ4n) is 2.64. The van der Waals surface area contributed by atoms with Crippen LogP contribution < -0.4 is 0 Å². The Kier molecular flexibility index (Phi) is 7.56. The van der Waals surface area contributed by atoms with E-state index in [1.54, 1.807) is 0 Å². The van der Waals surface area contributed by atoms with Crippen LogP contribution in [0.15, 0.2) is 12.7 Å². The molecular formula is C15H28O3. The highest BCUT2D eigenvalue weighted by Gasteiger charge is 2.39. The molecule has 0 aliphatic carbocycles. The number of hydrogen-bond acceptors (Lipinski definition) is 3. The van der Waals surface area contributed by atoms with E-state index in [0.29, 0.717) is 19.8 Å². The Labute approximate surface area is 111 Å². The first-order chi connectivity index (χ1) is 8.75. The van der Waals surface area contributed by atoms with Gasteiger partial charge in [-0.25, -0.2) is 0 Å². The van der Waals surface area contributed by atoms with Gasteiger partial charge in [0, 0.05) is 32.7 Å². The fraction of sp³-hybridized carbons (Fsp3) is 0.867. The Bertz CT molecular complexity index is 216. The van der Waals surface area contributed by atoms with Crippen molar-refractivity contribution < 1.29 is 14.6 Å². The molecule has 1 atom stereocenters. The van der Waals surface area contributed by atoms with Crippen molar-refractivity contribution in [1.29, 1.82) is 0 Å². The molecule has 1 rings (SSSR count). The second kappa shape index (κ2) is 8.68. The second-order valence-electron chi connectivity index (χ2n) is 5.05. The van der Waals surface area contributed by atoms with E-state index in [0.717, 1.165) is 38.5 Å². The molecule has 0 aromatic heterocycles. The van der Waals surface area contributed by atoms with Crippen molar-refractivity contribution in [3.8, 4) is 0 Å². The minimum atomic E-state index is -0.356. The van der Waals surface area contributed by atoms with Gasteiger partial charge in [0.05, 0.1) is 11.7 Å². The number of allylic oxidation sites excluding steroid dienone is 1. The molecule has 0 bridgehead atoms. The fourth-order valence-corrected chi connectivity index (χ4v) is 2.64. The molecule has 0 spiro atoms. The maximum absolute atomic E-state index is 10.4. The smallest absolute Gasteiger partial charge is 0.0983 e. The standard InChI is InChI=1S/C15H28O3/c1-3-5-6-7-8-9-14(16)15(18-4-2)10-12-17-13-11-15/h3,14,16H,1,4-13H2,2H3. The van der Waals surface area contributed by atoms with Crippen LogP contribution in [0.3, 0.4) is 0 Å². The largest absolute Gasteiger partial charge is 0.390 e. The Balaban J connectivity index is 2.34. The van der Waals surface area contributed by atoms with Gasteiger partial charge in [-0.1, -0.05) is 18.9 Å².